The van der Waals surface area contributed by atoms with Crippen LogP contribution in [0.2, 0.25) is 5.02 Å². The Kier molecular flexibility index (Phi) is 4.46. The molecule has 1 aliphatic heterocycles. The largest absolute Gasteiger partial charge is 0.328 e. The molecule has 0 N–H and O–H groups in total. The number of imidazole rings is 1. The molecule has 136 valence electrons. The van der Waals surface area contributed by atoms with Gasteiger partial charge >= 0.3 is 5.69 Å². The lowest BCUT2D eigenvalue weighted by Crippen LogP contribution is -2.27. The molecule has 0 unspecified atom stereocenters. The summed E-state index contributed by atoms with van der Waals surface area (Å²) in [4.78, 5) is 27.0. The van der Waals surface area contributed by atoms with Crippen LogP contribution >= 0.6 is 35.6 Å². The number of amides is 1. The van der Waals surface area contributed by atoms with Gasteiger partial charge in [0.1, 0.15) is 0 Å². The molecular formula is C19H14ClN3O2S2. The molecule has 4 rings (SSSR count). The topological polar surface area (TPSA) is 47.2 Å². The number of carbonyl (C=O) groups is 1. The van der Waals surface area contributed by atoms with Crippen LogP contribution < -0.4 is 10.6 Å². The molecule has 27 heavy (non-hydrogen) atoms. The number of hydrogen-bond acceptors (Lipinski definition) is 4. The van der Waals surface area contributed by atoms with Crippen LogP contribution in [-0.2, 0) is 18.9 Å². The van der Waals surface area contributed by atoms with Crippen LogP contribution in [0.4, 0.5) is 5.69 Å². The molecule has 0 radical (unpaired) electrons. The van der Waals surface area contributed by atoms with Crippen LogP contribution in [-0.4, -0.2) is 19.4 Å². The summed E-state index contributed by atoms with van der Waals surface area (Å²) < 4.78 is 3.66. The Morgan fingerprint density at radius 1 is 1.00 bits per heavy atom. The molecular weight excluding hydrogens is 402 g/mol. The number of halogens is 1. The first-order valence-corrected chi connectivity index (χ1v) is 9.66. The van der Waals surface area contributed by atoms with Gasteiger partial charge in [-0.3, -0.25) is 18.8 Å². The van der Waals surface area contributed by atoms with Crippen molar-refractivity contribution in [1.29, 1.82) is 0 Å². The third kappa shape index (κ3) is 3.01. The fourth-order valence-electron chi connectivity index (χ4n) is 3.05. The van der Waals surface area contributed by atoms with E-state index >= 15 is 0 Å². The fraction of sp³-hybridized carbons (Fsp3) is 0.105. The Bertz CT molecular complexity index is 1190. The van der Waals surface area contributed by atoms with E-state index in [0.29, 0.717) is 19.9 Å². The van der Waals surface area contributed by atoms with Gasteiger partial charge in [0.25, 0.3) is 5.91 Å². The summed E-state index contributed by atoms with van der Waals surface area (Å²) in [6.07, 6.45) is 1.80. The molecule has 0 saturated carbocycles. The summed E-state index contributed by atoms with van der Waals surface area (Å²) in [6, 6.07) is 12.6. The van der Waals surface area contributed by atoms with Crippen LogP contribution in [0.5, 0.6) is 0 Å². The molecule has 0 bridgehead atoms. The molecule has 0 spiro atoms. The summed E-state index contributed by atoms with van der Waals surface area (Å²) in [5.74, 6) is -0.172. The molecule has 8 heteroatoms. The molecule has 1 fully saturated rings. The maximum Gasteiger partial charge on any atom is 0.328 e. The summed E-state index contributed by atoms with van der Waals surface area (Å²) in [5.41, 5.74) is 3.08. The molecule has 1 aromatic heterocycles. The number of hydrogen-bond donors (Lipinski definition) is 0. The highest BCUT2D eigenvalue weighted by molar-refractivity contribution is 8.27. The second-order valence-electron chi connectivity index (χ2n) is 6.14. The van der Waals surface area contributed by atoms with Crippen molar-refractivity contribution in [2.75, 3.05) is 4.90 Å². The molecule has 1 saturated heterocycles. The number of nitrogens with zero attached hydrogens (tertiary/aromatic N) is 3. The SMILES string of the molecule is Cn1c(=O)n(C)c2cc(/C=C3\SC(=S)N(c4ccc(Cl)cc4)C3=O)ccc21. The van der Waals surface area contributed by atoms with E-state index in [1.807, 2.05) is 18.2 Å². The van der Waals surface area contributed by atoms with Gasteiger partial charge < -0.3 is 0 Å². The van der Waals surface area contributed by atoms with Crippen molar-refractivity contribution in [3.63, 3.8) is 0 Å². The predicted molar refractivity (Wildman–Crippen MR) is 115 cm³/mol. The Balaban J connectivity index is 1.72. The Morgan fingerprint density at radius 3 is 2.37 bits per heavy atom. The van der Waals surface area contributed by atoms with Gasteiger partial charge in [0, 0.05) is 19.1 Å². The number of aryl methyl sites for hydroxylation is 2. The van der Waals surface area contributed by atoms with E-state index < -0.39 is 0 Å². The summed E-state index contributed by atoms with van der Waals surface area (Å²) in [6.45, 7) is 0. The van der Waals surface area contributed by atoms with Gasteiger partial charge in [0.2, 0.25) is 0 Å². The summed E-state index contributed by atoms with van der Waals surface area (Å²) in [5, 5.41) is 0.599. The van der Waals surface area contributed by atoms with Gasteiger partial charge in [-0.25, -0.2) is 4.79 Å². The van der Waals surface area contributed by atoms with E-state index in [1.54, 1.807) is 53.6 Å². The smallest absolute Gasteiger partial charge is 0.295 e. The van der Waals surface area contributed by atoms with E-state index in [2.05, 4.69) is 0 Å². The van der Waals surface area contributed by atoms with Crippen molar-refractivity contribution < 1.29 is 4.79 Å². The molecule has 2 aromatic carbocycles. The van der Waals surface area contributed by atoms with E-state index in [4.69, 9.17) is 23.8 Å². The Morgan fingerprint density at radius 2 is 1.67 bits per heavy atom. The van der Waals surface area contributed by atoms with Gasteiger partial charge in [-0.2, -0.15) is 0 Å². The number of fused-ring (bicyclic) bond motifs is 1. The third-order valence-corrected chi connectivity index (χ3v) is 6.03. The first kappa shape index (κ1) is 18.0. The second-order valence-corrected chi connectivity index (χ2v) is 8.25. The normalized spacial score (nSPS) is 16.1. The molecule has 0 atom stereocenters. The van der Waals surface area contributed by atoms with Crippen molar-refractivity contribution in [3.8, 4) is 0 Å². The first-order chi connectivity index (χ1) is 12.9. The second kappa shape index (κ2) is 6.67. The van der Waals surface area contributed by atoms with Gasteiger partial charge in [-0.05, 0) is 48.0 Å². The number of aromatic nitrogens is 2. The maximum absolute atomic E-state index is 12.9. The number of rotatable bonds is 2. The monoisotopic (exact) mass is 415 g/mol. The van der Waals surface area contributed by atoms with Crippen molar-refractivity contribution in [2.24, 2.45) is 14.1 Å². The zero-order chi connectivity index (χ0) is 19.3. The minimum absolute atomic E-state index is 0.0868. The van der Waals surface area contributed by atoms with Crippen molar-refractivity contribution >= 4 is 68.6 Å². The van der Waals surface area contributed by atoms with Crippen molar-refractivity contribution in [2.45, 2.75) is 0 Å². The summed E-state index contributed by atoms with van der Waals surface area (Å²) in [7, 11) is 3.47. The standard InChI is InChI=1S/C19H14ClN3O2S2/c1-21-14-8-3-11(9-15(14)22(2)18(21)25)10-16-17(24)23(19(26)27-16)13-6-4-12(20)5-7-13/h3-10H,1-2H3/b16-10-. The van der Waals surface area contributed by atoms with Crippen molar-refractivity contribution in [3.05, 3.63) is 68.4 Å². The molecule has 2 heterocycles. The molecule has 1 amide bonds. The highest BCUT2D eigenvalue weighted by Crippen LogP contribution is 2.36. The zero-order valence-electron chi connectivity index (χ0n) is 14.5. The fourth-order valence-corrected chi connectivity index (χ4v) is 4.47. The minimum atomic E-state index is -0.172. The number of carbonyl (C=O) groups excluding carboxylic acids is 1. The van der Waals surface area contributed by atoms with E-state index in [-0.39, 0.29) is 11.6 Å². The number of anilines is 1. The van der Waals surface area contributed by atoms with Crippen molar-refractivity contribution in [1.82, 2.24) is 9.13 Å². The lowest BCUT2D eigenvalue weighted by molar-refractivity contribution is -0.113. The maximum atomic E-state index is 12.9. The van der Waals surface area contributed by atoms with E-state index in [1.165, 1.54) is 16.7 Å². The first-order valence-electron chi connectivity index (χ1n) is 8.06. The van der Waals surface area contributed by atoms with E-state index in [9.17, 15) is 9.59 Å². The Labute approximate surface area is 169 Å². The average molecular weight is 416 g/mol. The van der Waals surface area contributed by atoms with Crippen LogP contribution in [0.1, 0.15) is 5.56 Å². The number of thioether (sulfide) groups is 1. The molecule has 0 aliphatic carbocycles. The molecule has 3 aromatic rings. The lowest BCUT2D eigenvalue weighted by atomic mass is 10.1. The average Bonchev–Trinajstić information content (AvgIpc) is 3.04. The van der Waals surface area contributed by atoms with Gasteiger partial charge in [-0.15, -0.1) is 0 Å². The quantitative estimate of drug-likeness (QED) is 0.470. The highest BCUT2D eigenvalue weighted by Gasteiger charge is 2.33. The molecule has 1 aliphatic rings. The number of benzene rings is 2. The van der Waals surface area contributed by atoms with Gasteiger partial charge in [-0.1, -0.05) is 41.6 Å². The summed E-state index contributed by atoms with van der Waals surface area (Å²) >= 11 is 12.6. The Hall–Kier alpha value is -2.35. The lowest BCUT2D eigenvalue weighted by Gasteiger charge is -2.14. The van der Waals surface area contributed by atoms with E-state index in [0.717, 1.165) is 16.6 Å². The minimum Gasteiger partial charge on any atom is -0.295 e. The predicted octanol–water partition coefficient (Wildman–Crippen LogP) is 3.94. The van der Waals surface area contributed by atoms with Crippen LogP contribution in [0.15, 0.2) is 52.2 Å². The van der Waals surface area contributed by atoms with Crippen LogP contribution in [0.3, 0.4) is 0 Å². The molecule has 5 nitrogen and oxygen atoms in total. The van der Waals surface area contributed by atoms with Gasteiger partial charge in [0.05, 0.1) is 21.6 Å². The van der Waals surface area contributed by atoms with Gasteiger partial charge in [0.15, 0.2) is 4.32 Å². The third-order valence-electron chi connectivity index (χ3n) is 4.47. The highest BCUT2D eigenvalue weighted by atomic mass is 35.5. The zero-order valence-corrected chi connectivity index (χ0v) is 16.9. The number of thiocarbonyl (C=S) groups is 1. The van der Waals surface area contributed by atoms with Crippen LogP contribution in [0.25, 0.3) is 17.1 Å². The van der Waals surface area contributed by atoms with Crippen LogP contribution in [0, 0.1) is 0 Å².